The Bertz CT molecular complexity index is 221. The zero-order chi connectivity index (χ0) is 11.3. The first-order valence-corrected chi connectivity index (χ1v) is 5.75. The summed E-state index contributed by atoms with van der Waals surface area (Å²) in [6.07, 6.45) is 1.88. The van der Waals surface area contributed by atoms with Crippen LogP contribution in [0.4, 0.5) is 0 Å². The Balaban J connectivity index is 2.64. The summed E-state index contributed by atoms with van der Waals surface area (Å²) < 4.78 is 5.15. The van der Waals surface area contributed by atoms with Crippen LogP contribution in [0.5, 0.6) is 0 Å². The van der Waals surface area contributed by atoms with Gasteiger partial charge in [-0.2, -0.15) is 0 Å². The highest BCUT2D eigenvalue weighted by molar-refractivity contribution is 5.81. The monoisotopic (exact) mass is 214 g/mol. The molecule has 1 N–H and O–H groups in total. The lowest BCUT2D eigenvalue weighted by Crippen LogP contribution is -2.54. The van der Waals surface area contributed by atoms with Gasteiger partial charge < -0.3 is 15.0 Å². The molecule has 1 saturated heterocycles. The van der Waals surface area contributed by atoms with Crippen LogP contribution < -0.4 is 5.32 Å². The highest BCUT2D eigenvalue weighted by Crippen LogP contribution is 2.21. The molecule has 15 heavy (non-hydrogen) atoms. The molecule has 0 aromatic rings. The predicted molar refractivity (Wildman–Crippen MR) is 59.8 cm³/mol. The molecule has 0 aromatic heterocycles. The molecule has 1 heterocycles. The molecule has 4 heteroatoms. The van der Waals surface area contributed by atoms with Gasteiger partial charge >= 0.3 is 5.97 Å². The minimum Gasteiger partial charge on any atom is -0.465 e. The Morgan fingerprint density at radius 1 is 1.53 bits per heavy atom. The Hall–Kier alpha value is -0.610. The summed E-state index contributed by atoms with van der Waals surface area (Å²) in [5.74, 6) is -0.0946. The topological polar surface area (TPSA) is 41.6 Å². The van der Waals surface area contributed by atoms with Crippen LogP contribution in [0.25, 0.3) is 0 Å². The maximum absolute atomic E-state index is 11.9. The van der Waals surface area contributed by atoms with Gasteiger partial charge in [-0.05, 0) is 33.4 Å². The summed E-state index contributed by atoms with van der Waals surface area (Å²) in [6, 6.07) is 0. The number of esters is 1. The van der Waals surface area contributed by atoms with Crippen molar-refractivity contribution in [3.8, 4) is 0 Å². The Labute approximate surface area is 92.0 Å². The lowest BCUT2D eigenvalue weighted by atomic mass is 9.98. The summed E-state index contributed by atoms with van der Waals surface area (Å²) in [4.78, 5) is 14.1. The average Bonchev–Trinajstić information content (AvgIpc) is 2.59. The maximum Gasteiger partial charge on any atom is 0.327 e. The van der Waals surface area contributed by atoms with E-state index in [4.69, 9.17) is 4.74 Å². The van der Waals surface area contributed by atoms with Crippen molar-refractivity contribution in [2.24, 2.45) is 0 Å². The van der Waals surface area contributed by atoms with Gasteiger partial charge in [0, 0.05) is 13.1 Å². The second-order valence-corrected chi connectivity index (χ2v) is 4.22. The molecular formula is C11H22N2O2. The molecule has 0 aromatic carbocycles. The van der Waals surface area contributed by atoms with Crippen LogP contribution in [0.15, 0.2) is 0 Å². The first kappa shape index (κ1) is 12.5. The Morgan fingerprint density at radius 2 is 2.27 bits per heavy atom. The number of hydrogen-bond acceptors (Lipinski definition) is 4. The van der Waals surface area contributed by atoms with Gasteiger partial charge in [0.2, 0.25) is 0 Å². The summed E-state index contributed by atoms with van der Waals surface area (Å²) >= 11 is 0. The van der Waals surface area contributed by atoms with E-state index < -0.39 is 5.54 Å². The summed E-state index contributed by atoms with van der Waals surface area (Å²) in [6.45, 7) is 6.99. The molecule has 1 unspecified atom stereocenters. The molecule has 0 aliphatic carbocycles. The number of nitrogens with one attached hydrogen (secondary N) is 1. The zero-order valence-corrected chi connectivity index (χ0v) is 10.0. The first-order valence-electron chi connectivity index (χ1n) is 5.75. The second kappa shape index (κ2) is 5.47. The van der Waals surface area contributed by atoms with E-state index in [2.05, 4.69) is 17.1 Å². The molecule has 1 rings (SSSR count). The number of rotatable bonds is 5. The molecule has 0 amide bonds. The van der Waals surface area contributed by atoms with Gasteiger partial charge in [-0.1, -0.05) is 6.92 Å². The van der Waals surface area contributed by atoms with Crippen LogP contribution in [-0.2, 0) is 9.53 Å². The number of likely N-dealkylation sites (tertiary alicyclic amines) is 1. The maximum atomic E-state index is 11.9. The summed E-state index contributed by atoms with van der Waals surface area (Å²) in [5.41, 5.74) is -0.458. The van der Waals surface area contributed by atoms with Gasteiger partial charge in [0.05, 0.1) is 6.61 Å². The standard InChI is InChI=1S/C11H22N2O2/c1-4-7-12-11(10(14)15-5-2)6-8-13(3)9-11/h12H,4-9H2,1-3H3. The van der Waals surface area contributed by atoms with Gasteiger partial charge in [-0.3, -0.25) is 0 Å². The van der Waals surface area contributed by atoms with E-state index in [0.717, 1.165) is 32.5 Å². The second-order valence-electron chi connectivity index (χ2n) is 4.22. The third-order valence-electron chi connectivity index (χ3n) is 2.84. The average molecular weight is 214 g/mol. The fourth-order valence-electron chi connectivity index (χ4n) is 2.02. The van der Waals surface area contributed by atoms with Gasteiger partial charge in [-0.15, -0.1) is 0 Å². The first-order chi connectivity index (χ1) is 7.14. The van der Waals surface area contributed by atoms with E-state index in [-0.39, 0.29) is 5.97 Å². The van der Waals surface area contributed by atoms with Crippen molar-refractivity contribution in [3.63, 3.8) is 0 Å². The fraction of sp³-hybridized carbons (Fsp3) is 0.909. The van der Waals surface area contributed by atoms with Crippen LogP contribution in [-0.4, -0.2) is 49.7 Å². The van der Waals surface area contributed by atoms with Gasteiger partial charge in [-0.25, -0.2) is 4.79 Å². The smallest absolute Gasteiger partial charge is 0.327 e. The molecular weight excluding hydrogens is 192 g/mol. The van der Waals surface area contributed by atoms with Crippen molar-refractivity contribution < 1.29 is 9.53 Å². The van der Waals surface area contributed by atoms with Gasteiger partial charge in [0.25, 0.3) is 0 Å². The number of likely N-dealkylation sites (N-methyl/N-ethyl adjacent to an activating group) is 1. The number of nitrogens with zero attached hydrogens (tertiary/aromatic N) is 1. The number of carbonyl (C=O) groups is 1. The van der Waals surface area contributed by atoms with E-state index in [1.165, 1.54) is 0 Å². The van der Waals surface area contributed by atoms with Crippen molar-refractivity contribution in [1.29, 1.82) is 0 Å². The van der Waals surface area contributed by atoms with Crippen LogP contribution in [0, 0.1) is 0 Å². The quantitative estimate of drug-likeness (QED) is 0.681. The van der Waals surface area contributed by atoms with E-state index in [9.17, 15) is 4.79 Å². The van der Waals surface area contributed by atoms with Crippen LogP contribution >= 0.6 is 0 Å². The highest BCUT2D eigenvalue weighted by atomic mass is 16.5. The summed E-state index contributed by atoms with van der Waals surface area (Å²) in [7, 11) is 2.04. The van der Waals surface area contributed by atoms with Crippen molar-refractivity contribution in [1.82, 2.24) is 10.2 Å². The lowest BCUT2D eigenvalue weighted by molar-refractivity contribution is -0.150. The third kappa shape index (κ3) is 2.92. The molecule has 88 valence electrons. The minimum absolute atomic E-state index is 0.0946. The van der Waals surface area contributed by atoms with Gasteiger partial charge in [0.15, 0.2) is 0 Å². The van der Waals surface area contributed by atoms with E-state index >= 15 is 0 Å². The number of hydrogen-bond donors (Lipinski definition) is 1. The number of carbonyl (C=O) groups excluding carboxylic acids is 1. The third-order valence-corrected chi connectivity index (χ3v) is 2.84. The van der Waals surface area contributed by atoms with Crippen molar-refractivity contribution in [2.45, 2.75) is 32.2 Å². The molecule has 1 aliphatic heterocycles. The molecule has 1 atom stereocenters. The van der Waals surface area contributed by atoms with E-state index in [1.54, 1.807) is 0 Å². The fourth-order valence-corrected chi connectivity index (χ4v) is 2.02. The predicted octanol–water partition coefficient (Wildman–Crippen LogP) is 0.623. The van der Waals surface area contributed by atoms with Crippen molar-refractivity contribution in [2.75, 3.05) is 33.3 Å². The zero-order valence-electron chi connectivity index (χ0n) is 10.0. The normalized spacial score (nSPS) is 26.9. The molecule has 0 saturated carbocycles. The number of ether oxygens (including phenoxy) is 1. The van der Waals surface area contributed by atoms with Gasteiger partial charge in [0.1, 0.15) is 5.54 Å². The molecule has 4 nitrogen and oxygen atoms in total. The minimum atomic E-state index is -0.458. The van der Waals surface area contributed by atoms with E-state index in [1.807, 2.05) is 14.0 Å². The van der Waals surface area contributed by atoms with Crippen LogP contribution in [0.2, 0.25) is 0 Å². The highest BCUT2D eigenvalue weighted by Gasteiger charge is 2.44. The Morgan fingerprint density at radius 3 is 2.73 bits per heavy atom. The molecule has 0 spiro atoms. The summed E-state index contributed by atoms with van der Waals surface area (Å²) in [5, 5.41) is 3.34. The lowest BCUT2D eigenvalue weighted by Gasteiger charge is -2.27. The van der Waals surface area contributed by atoms with Crippen molar-refractivity contribution >= 4 is 5.97 Å². The van der Waals surface area contributed by atoms with Crippen molar-refractivity contribution in [3.05, 3.63) is 0 Å². The molecule has 0 radical (unpaired) electrons. The molecule has 1 fully saturated rings. The SMILES string of the molecule is CCCNC1(C(=O)OCC)CCN(C)C1. The van der Waals surface area contributed by atoms with Crippen LogP contribution in [0.1, 0.15) is 26.7 Å². The van der Waals surface area contributed by atoms with E-state index in [0.29, 0.717) is 6.61 Å². The molecule has 1 aliphatic rings. The molecule has 0 bridgehead atoms. The Kier molecular flexibility index (Phi) is 4.54. The van der Waals surface area contributed by atoms with Crippen LogP contribution in [0.3, 0.4) is 0 Å². The largest absolute Gasteiger partial charge is 0.465 e.